The molecule has 0 spiro atoms. The molecule has 1 rings (SSSR count). The molecule has 0 fully saturated rings. The first-order valence-corrected chi connectivity index (χ1v) is 6.56. The molecule has 0 radical (unpaired) electrons. The molecule has 1 aromatic carbocycles. The summed E-state index contributed by atoms with van der Waals surface area (Å²) < 4.78 is 0. The molecule has 0 aliphatic rings. The number of nitrogens with two attached hydrogens (primary N) is 1. The van der Waals surface area contributed by atoms with Crippen LogP contribution in [0.4, 0.5) is 0 Å². The summed E-state index contributed by atoms with van der Waals surface area (Å²) >= 11 is 0. The number of rotatable bonds is 5. The molecule has 1 unspecified atom stereocenters. The Kier molecular flexibility index (Phi) is 5.35. The van der Waals surface area contributed by atoms with Gasteiger partial charge in [-0.1, -0.05) is 25.1 Å². The van der Waals surface area contributed by atoms with Crippen molar-refractivity contribution in [2.75, 3.05) is 19.6 Å². The Bertz CT molecular complexity index is 395. The van der Waals surface area contributed by atoms with Crippen LogP contribution < -0.4 is 5.73 Å². The SMILES string of the molecule is CCN(CC(C)CN)C(=O)c1c(C)cccc1C. The maximum absolute atomic E-state index is 12.6. The lowest BCUT2D eigenvalue weighted by Crippen LogP contribution is -2.37. The smallest absolute Gasteiger partial charge is 0.254 e. The van der Waals surface area contributed by atoms with Crippen molar-refractivity contribution in [2.45, 2.75) is 27.7 Å². The molecule has 2 N–H and O–H groups in total. The largest absolute Gasteiger partial charge is 0.339 e. The first-order chi connectivity index (χ1) is 8.51. The highest BCUT2D eigenvalue weighted by molar-refractivity contribution is 5.97. The van der Waals surface area contributed by atoms with Gasteiger partial charge in [0.25, 0.3) is 5.91 Å². The summed E-state index contributed by atoms with van der Waals surface area (Å²) in [5.41, 5.74) is 8.55. The number of aryl methyl sites for hydroxylation is 2. The Morgan fingerprint density at radius 2 is 1.89 bits per heavy atom. The van der Waals surface area contributed by atoms with Crippen LogP contribution in [0.25, 0.3) is 0 Å². The first kappa shape index (κ1) is 14.7. The molecule has 0 saturated heterocycles. The summed E-state index contributed by atoms with van der Waals surface area (Å²) in [5.74, 6) is 0.451. The lowest BCUT2D eigenvalue weighted by molar-refractivity contribution is 0.0742. The zero-order valence-electron chi connectivity index (χ0n) is 11.9. The van der Waals surface area contributed by atoms with Crippen molar-refractivity contribution in [3.63, 3.8) is 0 Å². The molecule has 0 aliphatic carbocycles. The molecule has 18 heavy (non-hydrogen) atoms. The number of amides is 1. The zero-order valence-corrected chi connectivity index (χ0v) is 11.9. The number of benzene rings is 1. The van der Waals surface area contributed by atoms with Gasteiger partial charge in [0.1, 0.15) is 0 Å². The third-order valence-corrected chi connectivity index (χ3v) is 3.30. The molecule has 1 atom stereocenters. The normalized spacial score (nSPS) is 12.3. The van der Waals surface area contributed by atoms with E-state index in [0.717, 1.165) is 29.8 Å². The van der Waals surface area contributed by atoms with E-state index < -0.39 is 0 Å². The van der Waals surface area contributed by atoms with Gasteiger partial charge in [-0.15, -0.1) is 0 Å². The van der Waals surface area contributed by atoms with E-state index in [9.17, 15) is 4.79 Å². The Morgan fingerprint density at radius 1 is 1.33 bits per heavy atom. The van der Waals surface area contributed by atoms with E-state index in [1.807, 2.05) is 43.9 Å². The van der Waals surface area contributed by atoms with E-state index in [1.165, 1.54) is 0 Å². The van der Waals surface area contributed by atoms with Crippen LogP contribution in [0.3, 0.4) is 0 Å². The molecule has 0 heterocycles. The van der Waals surface area contributed by atoms with Crippen molar-refractivity contribution < 1.29 is 4.79 Å². The summed E-state index contributed by atoms with van der Waals surface area (Å²) in [6.07, 6.45) is 0. The first-order valence-electron chi connectivity index (χ1n) is 6.56. The van der Waals surface area contributed by atoms with Crippen molar-refractivity contribution in [3.8, 4) is 0 Å². The van der Waals surface area contributed by atoms with E-state index in [2.05, 4.69) is 6.92 Å². The number of carbonyl (C=O) groups is 1. The molecule has 1 amide bonds. The Morgan fingerprint density at radius 3 is 2.33 bits per heavy atom. The Labute approximate surface area is 110 Å². The van der Waals surface area contributed by atoms with E-state index in [1.54, 1.807) is 0 Å². The predicted octanol–water partition coefficient (Wildman–Crippen LogP) is 2.36. The minimum absolute atomic E-state index is 0.119. The van der Waals surface area contributed by atoms with Crippen LogP contribution in [0.15, 0.2) is 18.2 Å². The predicted molar refractivity (Wildman–Crippen MR) is 75.7 cm³/mol. The standard InChI is InChI=1S/C15H24N2O/c1-5-17(10-11(2)9-16)15(18)14-12(3)7-6-8-13(14)4/h6-8,11H,5,9-10,16H2,1-4H3. The maximum atomic E-state index is 12.6. The molecular formula is C15H24N2O. The van der Waals surface area contributed by atoms with Crippen LogP contribution in [0, 0.1) is 19.8 Å². The van der Waals surface area contributed by atoms with Crippen molar-refractivity contribution in [1.82, 2.24) is 4.90 Å². The zero-order chi connectivity index (χ0) is 13.7. The van der Waals surface area contributed by atoms with E-state index in [0.29, 0.717) is 12.5 Å². The monoisotopic (exact) mass is 248 g/mol. The number of hydrogen-bond donors (Lipinski definition) is 1. The van der Waals surface area contributed by atoms with Crippen molar-refractivity contribution in [3.05, 3.63) is 34.9 Å². The number of hydrogen-bond acceptors (Lipinski definition) is 2. The lowest BCUT2D eigenvalue weighted by Gasteiger charge is -2.25. The Balaban J connectivity index is 2.97. The molecule has 3 heteroatoms. The highest BCUT2D eigenvalue weighted by Gasteiger charge is 2.19. The van der Waals surface area contributed by atoms with Gasteiger partial charge in [0, 0.05) is 18.7 Å². The molecule has 1 aromatic rings. The number of nitrogens with zero attached hydrogens (tertiary/aromatic N) is 1. The van der Waals surface area contributed by atoms with Crippen LogP contribution in [0.1, 0.15) is 35.3 Å². The third kappa shape index (κ3) is 3.33. The van der Waals surface area contributed by atoms with Gasteiger partial charge in [-0.05, 0) is 44.4 Å². The average Bonchev–Trinajstić information content (AvgIpc) is 2.35. The van der Waals surface area contributed by atoms with Crippen molar-refractivity contribution in [2.24, 2.45) is 11.7 Å². The highest BCUT2D eigenvalue weighted by Crippen LogP contribution is 2.16. The van der Waals surface area contributed by atoms with Gasteiger partial charge in [0.2, 0.25) is 0 Å². The third-order valence-electron chi connectivity index (χ3n) is 3.30. The average molecular weight is 248 g/mol. The second-order valence-corrected chi connectivity index (χ2v) is 4.95. The van der Waals surface area contributed by atoms with Gasteiger partial charge in [0.15, 0.2) is 0 Å². The summed E-state index contributed by atoms with van der Waals surface area (Å²) in [7, 11) is 0. The van der Waals surface area contributed by atoms with Gasteiger partial charge in [-0.2, -0.15) is 0 Å². The fourth-order valence-corrected chi connectivity index (χ4v) is 2.12. The molecular weight excluding hydrogens is 224 g/mol. The van der Waals surface area contributed by atoms with Crippen LogP contribution in [0.2, 0.25) is 0 Å². The lowest BCUT2D eigenvalue weighted by atomic mass is 10.0. The van der Waals surface area contributed by atoms with E-state index >= 15 is 0 Å². The number of carbonyl (C=O) groups excluding carboxylic acids is 1. The van der Waals surface area contributed by atoms with Crippen LogP contribution in [-0.2, 0) is 0 Å². The molecule has 100 valence electrons. The van der Waals surface area contributed by atoms with Gasteiger partial charge in [0.05, 0.1) is 0 Å². The van der Waals surface area contributed by atoms with Crippen molar-refractivity contribution >= 4 is 5.91 Å². The fourth-order valence-electron chi connectivity index (χ4n) is 2.12. The van der Waals surface area contributed by atoms with Crippen LogP contribution in [0.5, 0.6) is 0 Å². The molecule has 0 bridgehead atoms. The highest BCUT2D eigenvalue weighted by atomic mass is 16.2. The second kappa shape index (κ2) is 6.55. The summed E-state index contributed by atoms with van der Waals surface area (Å²) in [6, 6.07) is 5.96. The summed E-state index contributed by atoms with van der Waals surface area (Å²) in [4.78, 5) is 14.4. The molecule has 0 aliphatic heterocycles. The van der Waals surface area contributed by atoms with Gasteiger partial charge < -0.3 is 10.6 Å². The van der Waals surface area contributed by atoms with Gasteiger partial charge in [-0.3, -0.25) is 4.79 Å². The fraction of sp³-hybridized carbons (Fsp3) is 0.533. The van der Waals surface area contributed by atoms with E-state index in [-0.39, 0.29) is 5.91 Å². The van der Waals surface area contributed by atoms with Gasteiger partial charge >= 0.3 is 0 Å². The van der Waals surface area contributed by atoms with Crippen LogP contribution in [-0.4, -0.2) is 30.4 Å². The topological polar surface area (TPSA) is 46.3 Å². The minimum Gasteiger partial charge on any atom is -0.339 e. The van der Waals surface area contributed by atoms with Gasteiger partial charge in [-0.25, -0.2) is 0 Å². The second-order valence-electron chi connectivity index (χ2n) is 4.95. The summed E-state index contributed by atoms with van der Waals surface area (Å²) in [6.45, 7) is 10.1. The van der Waals surface area contributed by atoms with Crippen LogP contribution >= 0.6 is 0 Å². The molecule has 3 nitrogen and oxygen atoms in total. The molecule has 0 saturated carbocycles. The van der Waals surface area contributed by atoms with E-state index in [4.69, 9.17) is 5.73 Å². The Hall–Kier alpha value is -1.35. The minimum atomic E-state index is 0.119. The molecule has 0 aromatic heterocycles. The summed E-state index contributed by atoms with van der Waals surface area (Å²) in [5, 5.41) is 0. The van der Waals surface area contributed by atoms with Crippen molar-refractivity contribution in [1.29, 1.82) is 0 Å². The maximum Gasteiger partial charge on any atom is 0.254 e. The quantitative estimate of drug-likeness (QED) is 0.869.